The first-order chi connectivity index (χ1) is 7.92. The average molecular weight is 242 g/mol. The first kappa shape index (κ1) is 14.9. The second-order valence-corrected chi connectivity index (χ2v) is 6.16. The molecule has 0 saturated carbocycles. The van der Waals surface area contributed by atoms with E-state index in [1.54, 1.807) is 0 Å². The van der Waals surface area contributed by atoms with E-state index in [2.05, 4.69) is 31.0 Å². The van der Waals surface area contributed by atoms with Crippen LogP contribution in [0.5, 0.6) is 0 Å². The van der Waals surface area contributed by atoms with Crippen LogP contribution < -0.4 is 5.32 Å². The van der Waals surface area contributed by atoms with Crippen molar-refractivity contribution in [2.75, 3.05) is 26.2 Å². The second-order valence-electron chi connectivity index (χ2n) is 6.16. The van der Waals surface area contributed by atoms with E-state index >= 15 is 0 Å². The molecule has 17 heavy (non-hydrogen) atoms. The van der Waals surface area contributed by atoms with E-state index in [1.807, 2.05) is 6.92 Å². The summed E-state index contributed by atoms with van der Waals surface area (Å²) in [5.74, 6) is 0.289. The maximum atomic E-state index is 10.2. The summed E-state index contributed by atoms with van der Waals surface area (Å²) in [6, 6.07) is 0.457. The van der Waals surface area contributed by atoms with Gasteiger partial charge in [0, 0.05) is 19.1 Å². The van der Waals surface area contributed by atoms with Crippen LogP contribution in [0.1, 0.15) is 47.0 Å². The molecule has 1 aliphatic rings. The van der Waals surface area contributed by atoms with Crippen molar-refractivity contribution in [1.29, 1.82) is 0 Å². The Labute approximate surface area is 107 Å². The molecule has 1 saturated heterocycles. The van der Waals surface area contributed by atoms with Crippen LogP contribution in [0, 0.1) is 5.92 Å². The third kappa shape index (κ3) is 5.36. The number of likely N-dealkylation sites (tertiary alicyclic amines) is 1. The van der Waals surface area contributed by atoms with Gasteiger partial charge in [0.05, 0.1) is 5.60 Å². The van der Waals surface area contributed by atoms with Crippen molar-refractivity contribution in [2.45, 2.75) is 58.6 Å². The highest BCUT2D eigenvalue weighted by Gasteiger charge is 2.25. The Kier molecular flexibility index (Phi) is 5.90. The molecule has 102 valence electrons. The molecule has 0 radical (unpaired) electrons. The first-order valence-electron chi connectivity index (χ1n) is 7.10. The van der Waals surface area contributed by atoms with E-state index in [1.165, 1.54) is 32.4 Å². The molecular formula is C14H30N2O. The van der Waals surface area contributed by atoms with Gasteiger partial charge in [-0.2, -0.15) is 0 Å². The smallest absolute Gasteiger partial charge is 0.0766 e. The van der Waals surface area contributed by atoms with E-state index in [0.717, 1.165) is 6.54 Å². The van der Waals surface area contributed by atoms with Gasteiger partial charge in [-0.3, -0.25) is 0 Å². The lowest BCUT2D eigenvalue weighted by molar-refractivity contribution is 0.0111. The fourth-order valence-corrected chi connectivity index (χ4v) is 2.18. The van der Waals surface area contributed by atoms with Gasteiger partial charge < -0.3 is 15.3 Å². The summed E-state index contributed by atoms with van der Waals surface area (Å²) in [6.07, 6.45) is 4.08. The molecule has 0 aromatic rings. The van der Waals surface area contributed by atoms with Gasteiger partial charge in [0.15, 0.2) is 0 Å². The summed E-state index contributed by atoms with van der Waals surface area (Å²) < 4.78 is 0. The van der Waals surface area contributed by atoms with Crippen molar-refractivity contribution in [3.8, 4) is 0 Å². The number of aliphatic hydroxyl groups is 1. The number of nitrogens with one attached hydrogen (secondary N) is 1. The summed E-state index contributed by atoms with van der Waals surface area (Å²) >= 11 is 0. The van der Waals surface area contributed by atoms with Gasteiger partial charge in [-0.05, 0) is 45.7 Å². The Morgan fingerprint density at radius 3 is 2.29 bits per heavy atom. The maximum Gasteiger partial charge on any atom is 0.0766 e. The minimum absolute atomic E-state index is 0.289. The molecule has 0 bridgehead atoms. The Morgan fingerprint density at radius 2 is 1.76 bits per heavy atom. The summed E-state index contributed by atoms with van der Waals surface area (Å²) in [6.45, 7) is 12.5. The molecule has 2 atom stereocenters. The molecule has 0 aromatic carbocycles. The predicted molar refractivity (Wildman–Crippen MR) is 73.2 cm³/mol. The van der Waals surface area contributed by atoms with Crippen LogP contribution in [-0.2, 0) is 0 Å². The monoisotopic (exact) mass is 242 g/mol. The molecule has 1 fully saturated rings. The summed E-state index contributed by atoms with van der Waals surface area (Å²) in [7, 11) is 0. The van der Waals surface area contributed by atoms with Gasteiger partial charge in [0.1, 0.15) is 0 Å². The number of hydrogen-bond donors (Lipinski definition) is 2. The van der Waals surface area contributed by atoms with Crippen molar-refractivity contribution in [1.82, 2.24) is 10.2 Å². The minimum atomic E-state index is -0.601. The van der Waals surface area contributed by atoms with Crippen molar-refractivity contribution in [2.24, 2.45) is 5.92 Å². The van der Waals surface area contributed by atoms with Gasteiger partial charge >= 0.3 is 0 Å². The quantitative estimate of drug-likeness (QED) is 0.746. The molecule has 3 heteroatoms. The lowest BCUT2D eigenvalue weighted by atomic mass is 9.92. The van der Waals surface area contributed by atoms with Gasteiger partial charge in [0.25, 0.3) is 0 Å². The number of nitrogens with zero attached hydrogens (tertiary/aromatic N) is 1. The van der Waals surface area contributed by atoms with Crippen molar-refractivity contribution >= 4 is 0 Å². The fourth-order valence-electron chi connectivity index (χ4n) is 2.18. The lowest BCUT2D eigenvalue weighted by Gasteiger charge is -2.33. The predicted octanol–water partition coefficient (Wildman–Crippen LogP) is 1.86. The van der Waals surface area contributed by atoms with E-state index in [0.29, 0.717) is 12.6 Å². The molecule has 0 aromatic heterocycles. The SMILES string of the molecule is CC(CN1CCCCC1)NCC(C)(O)C(C)C. The van der Waals surface area contributed by atoms with E-state index < -0.39 is 5.60 Å². The van der Waals surface area contributed by atoms with E-state index in [-0.39, 0.29) is 5.92 Å². The highest BCUT2D eigenvalue weighted by molar-refractivity contribution is 4.81. The molecule has 0 spiro atoms. The van der Waals surface area contributed by atoms with Crippen LogP contribution in [0.15, 0.2) is 0 Å². The zero-order valence-corrected chi connectivity index (χ0v) is 12.0. The maximum absolute atomic E-state index is 10.2. The van der Waals surface area contributed by atoms with Crippen LogP contribution in [-0.4, -0.2) is 47.8 Å². The number of rotatable bonds is 6. The van der Waals surface area contributed by atoms with Crippen LogP contribution in [0.3, 0.4) is 0 Å². The standard InChI is InChI=1S/C14H30N2O/c1-12(2)14(4,17)11-15-13(3)10-16-8-6-5-7-9-16/h12-13,15,17H,5-11H2,1-4H3. The van der Waals surface area contributed by atoms with E-state index in [4.69, 9.17) is 0 Å². The zero-order chi connectivity index (χ0) is 12.9. The first-order valence-corrected chi connectivity index (χ1v) is 7.10. The van der Waals surface area contributed by atoms with Gasteiger partial charge in [-0.1, -0.05) is 20.3 Å². The number of hydrogen-bond acceptors (Lipinski definition) is 3. The van der Waals surface area contributed by atoms with Crippen molar-refractivity contribution in [3.05, 3.63) is 0 Å². The van der Waals surface area contributed by atoms with Crippen LogP contribution in [0.4, 0.5) is 0 Å². The highest BCUT2D eigenvalue weighted by atomic mass is 16.3. The summed E-state index contributed by atoms with van der Waals surface area (Å²) in [4.78, 5) is 2.53. The second kappa shape index (κ2) is 6.72. The fraction of sp³-hybridized carbons (Fsp3) is 1.00. The summed E-state index contributed by atoms with van der Waals surface area (Å²) in [5, 5.41) is 13.6. The Balaban J connectivity index is 2.22. The Bertz CT molecular complexity index is 210. The zero-order valence-electron chi connectivity index (χ0n) is 12.0. The van der Waals surface area contributed by atoms with Crippen LogP contribution in [0.25, 0.3) is 0 Å². The van der Waals surface area contributed by atoms with E-state index in [9.17, 15) is 5.11 Å². The summed E-state index contributed by atoms with van der Waals surface area (Å²) in [5.41, 5.74) is -0.601. The molecule has 1 aliphatic heterocycles. The van der Waals surface area contributed by atoms with Gasteiger partial charge in [-0.15, -0.1) is 0 Å². The third-order valence-electron chi connectivity index (χ3n) is 4.03. The molecule has 0 amide bonds. The van der Waals surface area contributed by atoms with Crippen molar-refractivity contribution < 1.29 is 5.11 Å². The van der Waals surface area contributed by atoms with Crippen LogP contribution in [0.2, 0.25) is 0 Å². The normalized spacial score (nSPS) is 23.6. The molecule has 1 heterocycles. The highest BCUT2D eigenvalue weighted by Crippen LogP contribution is 2.15. The largest absolute Gasteiger partial charge is 0.389 e. The topological polar surface area (TPSA) is 35.5 Å². The average Bonchev–Trinajstić information content (AvgIpc) is 2.28. The lowest BCUT2D eigenvalue weighted by Crippen LogP contribution is -2.48. The Morgan fingerprint density at radius 1 is 1.18 bits per heavy atom. The Hall–Kier alpha value is -0.120. The molecule has 2 unspecified atom stereocenters. The van der Waals surface area contributed by atoms with Crippen LogP contribution >= 0.6 is 0 Å². The molecular weight excluding hydrogens is 212 g/mol. The van der Waals surface area contributed by atoms with Crippen molar-refractivity contribution in [3.63, 3.8) is 0 Å². The van der Waals surface area contributed by atoms with Gasteiger partial charge in [-0.25, -0.2) is 0 Å². The molecule has 1 rings (SSSR count). The molecule has 0 aliphatic carbocycles. The minimum Gasteiger partial charge on any atom is -0.389 e. The van der Waals surface area contributed by atoms with Gasteiger partial charge in [0.2, 0.25) is 0 Å². The molecule has 3 nitrogen and oxygen atoms in total. The number of piperidine rings is 1. The molecule has 2 N–H and O–H groups in total. The third-order valence-corrected chi connectivity index (χ3v) is 4.03.